The number of imidazole rings is 1. The van der Waals surface area contributed by atoms with Gasteiger partial charge in [-0.05, 0) is 23.8 Å². The van der Waals surface area contributed by atoms with Gasteiger partial charge in [0, 0.05) is 36.6 Å². The number of hydrogen-bond donors (Lipinski definition) is 0. The van der Waals surface area contributed by atoms with E-state index >= 15 is 0 Å². The molecule has 0 unspecified atom stereocenters. The van der Waals surface area contributed by atoms with E-state index in [1.807, 2.05) is 0 Å². The molecule has 110 valence electrons. The number of ketones is 1. The van der Waals surface area contributed by atoms with Crippen LogP contribution < -0.4 is 0 Å². The Morgan fingerprint density at radius 1 is 1.18 bits per heavy atom. The number of nitrogens with zero attached hydrogens (tertiary/aromatic N) is 3. The van der Waals surface area contributed by atoms with Crippen LogP contribution in [0.2, 0.25) is 0 Å². The Morgan fingerprint density at radius 2 is 2.05 bits per heavy atom. The van der Waals surface area contributed by atoms with Gasteiger partial charge < -0.3 is 0 Å². The van der Waals surface area contributed by atoms with Crippen molar-refractivity contribution < 1.29 is 13.6 Å². The van der Waals surface area contributed by atoms with Crippen molar-refractivity contribution >= 4 is 5.78 Å². The number of aromatic nitrogens is 3. The average Bonchev–Trinajstić information content (AvgIpc) is 3.04. The Balaban J connectivity index is 1.77. The summed E-state index contributed by atoms with van der Waals surface area (Å²) in [6.07, 6.45) is 6.24. The fourth-order valence-corrected chi connectivity index (χ4v) is 2.04. The predicted molar refractivity (Wildman–Crippen MR) is 75.8 cm³/mol. The van der Waals surface area contributed by atoms with Gasteiger partial charge in [0.15, 0.2) is 5.78 Å². The normalized spacial score (nSPS) is 10.6. The van der Waals surface area contributed by atoms with Crippen molar-refractivity contribution in [2.45, 2.75) is 6.42 Å². The van der Waals surface area contributed by atoms with Gasteiger partial charge in [0.1, 0.15) is 23.8 Å². The number of pyridine rings is 1. The zero-order chi connectivity index (χ0) is 15.5. The summed E-state index contributed by atoms with van der Waals surface area (Å²) in [6.45, 7) is 0. The van der Waals surface area contributed by atoms with E-state index in [1.54, 1.807) is 35.4 Å². The predicted octanol–water partition coefficient (Wildman–Crippen LogP) is 2.97. The van der Waals surface area contributed by atoms with Crippen molar-refractivity contribution in [2.24, 2.45) is 0 Å². The topological polar surface area (TPSA) is 47.8 Å². The van der Waals surface area contributed by atoms with Crippen LogP contribution in [0.3, 0.4) is 0 Å². The van der Waals surface area contributed by atoms with Gasteiger partial charge in [0.25, 0.3) is 0 Å². The Kier molecular flexibility index (Phi) is 3.74. The SMILES string of the molecule is O=C(Cc1ccc(F)cc1F)c1ccc(-n2ccnc2)nc1. The van der Waals surface area contributed by atoms with Gasteiger partial charge in [-0.25, -0.2) is 18.7 Å². The average molecular weight is 299 g/mol. The molecule has 0 aliphatic heterocycles. The lowest BCUT2D eigenvalue weighted by molar-refractivity contribution is 0.0991. The molecular formula is C16H11F2N3O. The van der Waals surface area contributed by atoms with Gasteiger partial charge >= 0.3 is 0 Å². The van der Waals surface area contributed by atoms with Gasteiger partial charge in [0.05, 0.1) is 0 Å². The Morgan fingerprint density at radius 3 is 2.68 bits per heavy atom. The maximum Gasteiger partial charge on any atom is 0.168 e. The fourth-order valence-electron chi connectivity index (χ4n) is 2.04. The van der Waals surface area contributed by atoms with Gasteiger partial charge in [-0.1, -0.05) is 6.07 Å². The molecule has 6 heteroatoms. The molecule has 0 bridgehead atoms. The quantitative estimate of drug-likeness (QED) is 0.696. The van der Waals surface area contributed by atoms with E-state index in [0.29, 0.717) is 11.4 Å². The van der Waals surface area contributed by atoms with Gasteiger partial charge in [-0.15, -0.1) is 0 Å². The lowest BCUT2D eigenvalue weighted by atomic mass is 10.0. The first-order valence-electron chi connectivity index (χ1n) is 6.55. The van der Waals surface area contributed by atoms with E-state index in [4.69, 9.17) is 0 Å². The van der Waals surface area contributed by atoms with Crippen LogP contribution in [-0.4, -0.2) is 20.3 Å². The van der Waals surface area contributed by atoms with Crippen molar-refractivity contribution in [1.82, 2.24) is 14.5 Å². The first kappa shape index (κ1) is 14.1. The molecule has 0 aliphatic rings. The zero-order valence-electron chi connectivity index (χ0n) is 11.4. The number of Topliss-reactive ketones (excluding diaryl/α,β-unsaturated/α-hetero) is 1. The molecule has 3 aromatic rings. The molecule has 1 aromatic carbocycles. The van der Waals surface area contributed by atoms with Crippen LogP contribution >= 0.6 is 0 Å². The summed E-state index contributed by atoms with van der Waals surface area (Å²) in [5.41, 5.74) is 0.526. The molecule has 0 N–H and O–H groups in total. The van der Waals surface area contributed by atoms with Crippen LogP contribution in [0.25, 0.3) is 5.82 Å². The Bertz CT molecular complexity index is 799. The molecule has 0 saturated carbocycles. The second kappa shape index (κ2) is 5.85. The maximum absolute atomic E-state index is 13.6. The highest BCUT2D eigenvalue weighted by Gasteiger charge is 2.12. The van der Waals surface area contributed by atoms with E-state index in [0.717, 1.165) is 12.1 Å². The molecule has 2 heterocycles. The van der Waals surface area contributed by atoms with Crippen molar-refractivity contribution in [2.75, 3.05) is 0 Å². The number of benzene rings is 1. The summed E-state index contributed by atoms with van der Waals surface area (Å²) in [7, 11) is 0. The minimum atomic E-state index is -0.726. The summed E-state index contributed by atoms with van der Waals surface area (Å²) >= 11 is 0. The van der Waals surface area contributed by atoms with Crippen LogP contribution in [-0.2, 0) is 6.42 Å². The van der Waals surface area contributed by atoms with Crippen molar-refractivity contribution in [3.05, 3.63) is 78.0 Å². The number of carbonyl (C=O) groups excluding carboxylic acids is 1. The third-order valence-electron chi connectivity index (χ3n) is 3.20. The standard InChI is InChI=1S/C16H11F2N3O/c17-13-3-1-11(14(18)8-13)7-15(22)12-2-4-16(20-9-12)21-6-5-19-10-21/h1-6,8-10H,7H2. The van der Waals surface area contributed by atoms with Crippen LogP contribution in [0.15, 0.2) is 55.2 Å². The molecule has 0 saturated heterocycles. The lowest BCUT2D eigenvalue weighted by Gasteiger charge is -2.05. The van der Waals surface area contributed by atoms with Gasteiger partial charge in [-0.2, -0.15) is 0 Å². The number of rotatable bonds is 4. The summed E-state index contributed by atoms with van der Waals surface area (Å²) < 4.78 is 28.1. The van der Waals surface area contributed by atoms with E-state index in [-0.39, 0.29) is 17.8 Å². The maximum atomic E-state index is 13.6. The molecule has 4 nitrogen and oxygen atoms in total. The minimum absolute atomic E-state index is 0.141. The molecule has 22 heavy (non-hydrogen) atoms. The summed E-state index contributed by atoms with van der Waals surface area (Å²) in [6, 6.07) is 6.47. The van der Waals surface area contributed by atoms with Crippen LogP contribution in [0, 0.1) is 11.6 Å². The molecule has 2 aromatic heterocycles. The highest BCUT2D eigenvalue weighted by atomic mass is 19.1. The second-order valence-corrected chi connectivity index (χ2v) is 4.71. The summed E-state index contributed by atoms with van der Waals surface area (Å²) in [5, 5.41) is 0. The van der Waals surface area contributed by atoms with E-state index in [2.05, 4.69) is 9.97 Å². The first-order valence-corrected chi connectivity index (χ1v) is 6.55. The molecule has 0 amide bonds. The number of halogens is 2. The number of hydrogen-bond acceptors (Lipinski definition) is 3. The first-order chi connectivity index (χ1) is 10.6. The summed E-state index contributed by atoms with van der Waals surface area (Å²) in [5.74, 6) is -1.05. The van der Waals surface area contributed by atoms with Crippen LogP contribution in [0.4, 0.5) is 8.78 Å². The molecule has 0 radical (unpaired) electrons. The third-order valence-corrected chi connectivity index (χ3v) is 3.20. The minimum Gasteiger partial charge on any atom is -0.294 e. The number of carbonyl (C=O) groups is 1. The molecular weight excluding hydrogens is 288 g/mol. The fraction of sp³-hybridized carbons (Fsp3) is 0.0625. The zero-order valence-corrected chi connectivity index (χ0v) is 11.4. The Hall–Kier alpha value is -2.89. The summed E-state index contributed by atoms with van der Waals surface area (Å²) in [4.78, 5) is 20.2. The molecule has 0 spiro atoms. The van der Waals surface area contributed by atoms with Crippen molar-refractivity contribution in [3.8, 4) is 5.82 Å². The smallest absolute Gasteiger partial charge is 0.168 e. The monoisotopic (exact) mass is 299 g/mol. The van der Waals surface area contributed by atoms with E-state index < -0.39 is 11.6 Å². The largest absolute Gasteiger partial charge is 0.294 e. The van der Waals surface area contributed by atoms with Crippen LogP contribution in [0.5, 0.6) is 0 Å². The lowest BCUT2D eigenvalue weighted by Crippen LogP contribution is -2.07. The van der Waals surface area contributed by atoms with E-state index in [9.17, 15) is 13.6 Å². The highest BCUT2D eigenvalue weighted by molar-refractivity contribution is 5.97. The molecule has 0 fully saturated rings. The highest BCUT2D eigenvalue weighted by Crippen LogP contribution is 2.13. The third kappa shape index (κ3) is 2.90. The molecule has 0 aliphatic carbocycles. The Labute approximate surface area is 125 Å². The van der Waals surface area contributed by atoms with E-state index in [1.165, 1.54) is 12.3 Å². The van der Waals surface area contributed by atoms with Crippen LogP contribution in [0.1, 0.15) is 15.9 Å². The van der Waals surface area contributed by atoms with Crippen molar-refractivity contribution in [1.29, 1.82) is 0 Å². The van der Waals surface area contributed by atoms with Gasteiger partial charge in [0.2, 0.25) is 0 Å². The van der Waals surface area contributed by atoms with Crippen molar-refractivity contribution in [3.63, 3.8) is 0 Å². The second-order valence-electron chi connectivity index (χ2n) is 4.71. The van der Waals surface area contributed by atoms with Gasteiger partial charge in [-0.3, -0.25) is 9.36 Å². The molecule has 3 rings (SSSR count). The molecule has 0 atom stereocenters.